The molecule has 0 aliphatic rings. The Kier molecular flexibility index (Phi) is 4.37. The summed E-state index contributed by atoms with van der Waals surface area (Å²) in [7, 11) is 0. The summed E-state index contributed by atoms with van der Waals surface area (Å²) in [4.78, 5) is 22.6. The maximum absolute atomic E-state index is 12.2. The molecule has 0 heterocycles. The lowest BCUT2D eigenvalue weighted by molar-refractivity contribution is -0.385. The van der Waals surface area contributed by atoms with Crippen molar-refractivity contribution in [2.45, 2.75) is 6.42 Å². The molecule has 0 spiro atoms. The largest absolute Gasteiger partial charge is 0.294 e. The number of ketones is 1. The molecule has 20 heavy (non-hydrogen) atoms. The Hall–Kier alpha value is -1.91. The number of nitro benzene ring substituents is 1. The molecule has 102 valence electrons. The van der Waals surface area contributed by atoms with Gasteiger partial charge in [-0.15, -0.1) is 0 Å². The standard InChI is InChI=1S/C14H9Cl2NO3/c15-10-5-6-11(12(16)8-10)14(18)7-9-3-1-2-4-13(9)17(19)20/h1-6,8H,7H2. The molecule has 0 aliphatic carbocycles. The first kappa shape index (κ1) is 14.5. The van der Waals surface area contributed by atoms with Crippen LogP contribution >= 0.6 is 23.2 Å². The van der Waals surface area contributed by atoms with Crippen LogP contribution in [-0.4, -0.2) is 10.7 Å². The van der Waals surface area contributed by atoms with E-state index in [-0.39, 0.29) is 22.9 Å². The molecule has 0 amide bonds. The van der Waals surface area contributed by atoms with Gasteiger partial charge in [0.25, 0.3) is 5.69 Å². The summed E-state index contributed by atoms with van der Waals surface area (Å²) >= 11 is 11.7. The van der Waals surface area contributed by atoms with E-state index in [2.05, 4.69) is 0 Å². The normalized spacial score (nSPS) is 10.3. The minimum Gasteiger partial charge on any atom is -0.294 e. The molecule has 0 atom stereocenters. The van der Waals surface area contributed by atoms with Crippen LogP contribution in [0, 0.1) is 10.1 Å². The van der Waals surface area contributed by atoms with Gasteiger partial charge >= 0.3 is 0 Å². The predicted octanol–water partition coefficient (Wildman–Crippen LogP) is 4.33. The SMILES string of the molecule is O=C(Cc1ccccc1[N+](=O)[O-])c1ccc(Cl)cc1Cl. The van der Waals surface area contributed by atoms with E-state index in [9.17, 15) is 14.9 Å². The van der Waals surface area contributed by atoms with Crippen molar-refractivity contribution in [3.05, 3.63) is 73.8 Å². The van der Waals surface area contributed by atoms with Gasteiger partial charge in [-0.05, 0) is 18.2 Å². The van der Waals surface area contributed by atoms with E-state index in [0.29, 0.717) is 16.1 Å². The summed E-state index contributed by atoms with van der Waals surface area (Å²) < 4.78 is 0. The molecule has 0 saturated carbocycles. The van der Waals surface area contributed by atoms with Crippen molar-refractivity contribution >= 4 is 34.7 Å². The van der Waals surface area contributed by atoms with Crippen LogP contribution in [-0.2, 0) is 6.42 Å². The first-order valence-electron chi connectivity index (χ1n) is 5.69. The molecule has 0 unspecified atom stereocenters. The van der Waals surface area contributed by atoms with Crippen LogP contribution in [0.3, 0.4) is 0 Å². The van der Waals surface area contributed by atoms with Gasteiger partial charge in [0.05, 0.1) is 9.95 Å². The maximum Gasteiger partial charge on any atom is 0.273 e. The first-order chi connectivity index (χ1) is 9.49. The molecule has 0 saturated heterocycles. The zero-order valence-corrected chi connectivity index (χ0v) is 11.7. The molecule has 4 nitrogen and oxygen atoms in total. The van der Waals surface area contributed by atoms with Crippen molar-refractivity contribution in [1.82, 2.24) is 0 Å². The Bertz CT molecular complexity index is 686. The summed E-state index contributed by atoms with van der Waals surface area (Å²) in [5.74, 6) is -0.291. The smallest absolute Gasteiger partial charge is 0.273 e. The van der Waals surface area contributed by atoms with Crippen molar-refractivity contribution in [2.75, 3.05) is 0 Å². The van der Waals surface area contributed by atoms with E-state index in [4.69, 9.17) is 23.2 Å². The molecule has 2 aromatic carbocycles. The molecule has 2 aromatic rings. The highest BCUT2D eigenvalue weighted by molar-refractivity contribution is 6.36. The second kappa shape index (κ2) is 6.03. The predicted molar refractivity (Wildman–Crippen MR) is 77.6 cm³/mol. The van der Waals surface area contributed by atoms with Gasteiger partial charge in [0, 0.05) is 28.6 Å². The number of carbonyl (C=O) groups excluding carboxylic acids is 1. The van der Waals surface area contributed by atoms with Crippen molar-refractivity contribution < 1.29 is 9.72 Å². The summed E-state index contributed by atoms with van der Waals surface area (Å²) in [6.07, 6.45) is -0.0848. The molecule has 0 fully saturated rings. The second-order valence-corrected chi connectivity index (χ2v) is 4.95. The number of halogens is 2. The Labute approximate surface area is 125 Å². The summed E-state index contributed by atoms with van der Waals surface area (Å²) in [5.41, 5.74) is 0.577. The Balaban J connectivity index is 2.30. The summed E-state index contributed by atoms with van der Waals surface area (Å²) in [5, 5.41) is 11.6. The number of Topliss-reactive ketones (excluding diaryl/α,β-unsaturated/α-hetero) is 1. The van der Waals surface area contributed by atoms with Gasteiger partial charge in [-0.25, -0.2) is 0 Å². The lowest BCUT2D eigenvalue weighted by Gasteiger charge is -2.05. The fourth-order valence-corrected chi connectivity index (χ4v) is 2.34. The van der Waals surface area contributed by atoms with Crippen molar-refractivity contribution in [3.63, 3.8) is 0 Å². The number of para-hydroxylation sites is 1. The van der Waals surface area contributed by atoms with Gasteiger partial charge in [0.2, 0.25) is 0 Å². The van der Waals surface area contributed by atoms with Crippen LogP contribution in [0.25, 0.3) is 0 Å². The van der Waals surface area contributed by atoms with Crippen molar-refractivity contribution in [2.24, 2.45) is 0 Å². The Morgan fingerprint density at radius 3 is 2.50 bits per heavy atom. The van der Waals surface area contributed by atoms with E-state index >= 15 is 0 Å². The van der Waals surface area contributed by atoms with E-state index < -0.39 is 4.92 Å². The van der Waals surface area contributed by atoms with Gasteiger partial charge in [0.15, 0.2) is 5.78 Å². The third-order valence-corrected chi connectivity index (χ3v) is 3.32. The number of hydrogen-bond donors (Lipinski definition) is 0. The molecule has 0 N–H and O–H groups in total. The molecule has 0 bridgehead atoms. The number of carbonyl (C=O) groups is 1. The van der Waals surface area contributed by atoms with E-state index in [1.807, 2.05) is 0 Å². The summed E-state index contributed by atoms with van der Waals surface area (Å²) in [6.45, 7) is 0. The van der Waals surface area contributed by atoms with Crippen LogP contribution in [0.5, 0.6) is 0 Å². The fraction of sp³-hybridized carbons (Fsp3) is 0.0714. The zero-order chi connectivity index (χ0) is 14.7. The Morgan fingerprint density at radius 2 is 1.85 bits per heavy atom. The van der Waals surface area contributed by atoms with Crippen LogP contribution < -0.4 is 0 Å². The quantitative estimate of drug-likeness (QED) is 0.480. The number of rotatable bonds is 4. The number of hydrogen-bond acceptors (Lipinski definition) is 3. The second-order valence-electron chi connectivity index (χ2n) is 4.11. The average Bonchev–Trinajstić information content (AvgIpc) is 2.38. The van der Waals surface area contributed by atoms with Crippen molar-refractivity contribution in [3.8, 4) is 0 Å². The van der Waals surface area contributed by atoms with Crippen molar-refractivity contribution in [1.29, 1.82) is 0 Å². The van der Waals surface area contributed by atoms with Crippen LogP contribution in [0.2, 0.25) is 10.0 Å². The zero-order valence-electron chi connectivity index (χ0n) is 10.2. The first-order valence-corrected chi connectivity index (χ1v) is 6.45. The van der Waals surface area contributed by atoms with Crippen LogP contribution in [0.4, 0.5) is 5.69 Å². The average molecular weight is 310 g/mol. The summed E-state index contributed by atoms with van der Waals surface area (Å²) in [6, 6.07) is 10.7. The van der Waals surface area contributed by atoms with Gasteiger partial charge in [-0.2, -0.15) is 0 Å². The molecule has 2 rings (SSSR count). The maximum atomic E-state index is 12.2. The van der Waals surface area contributed by atoms with E-state index in [1.165, 1.54) is 18.2 Å². The molecule has 0 aromatic heterocycles. The minimum atomic E-state index is -0.508. The van der Waals surface area contributed by atoms with Gasteiger partial charge in [-0.1, -0.05) is 41.4 Å². The number of nitrogens with zero attached hydrogens (tertiary/aromatic N) is 1. The molecular formula is C14H9Cl2NO3. The fourth-order valence-electron chi connectivity index (χ4n) is 1.82. The highest BCUT2D eigenvalue weighted by atomic mass is 35.5. The van der Waals surface area contributed by atoms with Crippen LogP contribution in [0.15, 0.2) is 42.5 Å². The van der Waals surface area contributed by atoms with Gasteiger partial charge in [-0.3, -0.25) is 14.9 Å². The lowest BCUT2D eigenvalue weighted by atomic mass is 10.0. The van der Waals surface area contributed by atoms with Gasteiger partial charge < -0.3 is 0 Å². The number of benzene rings is 2. The van der Waals surface area contributed by atoms with Crippen LogP contribution in [0.1, 0.15) is 15.9 Å². The van der Waals surface area contributed by atoms with E-state index in [1.54, 1.807) is 24.3 Å². The highest BCUT2D eigenvalue weighted by Gasteiger charge is 2.18. The molecule has 6 heteroatoms. The Morgan fingerprint density at radius 1 is 1.15 bits per heavy atom. The molecule has 0 aliphatic heterocycles. The van der Waals surface area contributed by atoms with Gasteiger partial charge in [0.1, 0.15) is 0 Å². The topological polar surface area (TPSA) is 60.2 Å². The molecular weight excluding hydrogens is 301 g/mol. The molecule has 0 radical (unpaired) electrons. The highest BCUT2D eigenvalue weighted by Crippen LogP contribution is 2.24. The van der Waals surface area contributed by atoms with E-state index in [0.717, 1.165) is 0 Å². The minimum absolute atomic E-state index is 0.0778. The monoisotopic (exact) mass is 309 g/mol. The third kappa shape index (κ3) is 3.15. The lowest BCUT2D eigenvalue weighted by Crippen LogP contribution is -2.06. The number of nitro groups is 1. The third-order valence-electron chi connectivity index (χ3n) is 2.77.